The monoisotopic (exact) mass is 286 g/mol. The van der Waals surface area contributed by atoms with Crippen LogP contribution in [0.2, 0.25) is 0 Å². The second-order valence-corrected chi connectivity index (χ2v) is 4.60. The Bertz CT molecular complexity index is 503. The van der Waals surface area contributed by atoms with Crippen LogP contribution in [0.25, 0.3) is 0 Å². The molecule has 1 unspecified atom stereocenters. The average molecular weight is 286 g/mol. The van der Waals surface area contributed by atoms with E-state index in [0.29, 0.717) is 0 Å². The molecule has 9 nitrogen and oxygen atoms in total. The van der Waals surface area contributed by atoms with Crippen molar-refractivity contribution >= 4 is 34.9 Å². The molecule has 3 N–H and O–H groups in total. The molecule has 19 heavy (non-hydrogen) atoms. The smallest absolute Gasteiger partial charge is 0.300 e. The number of nitrogens with two attached hydrogens (primary N) is 1. The number of nitrogens with zero attached hydrogens (tertiary/aromatic N) is 2. The van der Waals surface area contributed by atoms with Gasteiger partial charge in [0.25, 0.3) is 11.4 Å². The van der Waals surface area contributed by atoms with E-state index in [-0.39, 0.29) is 5.69 Å². The van der Waals surface area contributed by atoms with E-state index in [1.54, 1.807) is 0 Å². The zero-order valence-electron chi connectivity index (χ0n) is 9.73. The lowest BCUT2D eigenvalue weighted by atomic mass is 10.2. The van der Waals surface area contributed by atoms with Gasteiger partial charge in [-0.3, -0.25) is 25.0 Å². The molecule has 0 heterocycles. The quantitative estimate of drug-likeness (QED) is 0.457. The number of nitrogens with one attached hydrogen (secondary N) is 1. The Hall–Kier alpha value is -2.36. The van der Waals surface area contributed by atoms with Gasteiger partial charge in [-0.25, -0.2) is 0 Å². The Balaban J connectivity index is 3.11. The van der Waals surface area contributed by atoms with Crippen molar-refractivity contribution in [3.63, 3.8) is 0 Å². The molecule has 102 valence electrons. The predicted molar refractivity (Wildman–Crippen MR) is 69.6 cm³/mol. The van der Waals surface area contributed by atoms with Crippen LogP contribution < -0.4 is 10.5 Å². The fourth-order valence-electron chi connectivity index (χ4n) is 1.14. The van der Waals surface area contributed by atoms with Crippen molar-refractivity contribution in [3.8, 4) is 0 Å². The molecular weight excluding hydrogens is 276 g/mol. The number of rotatable bonds is 6. The summed E-state index contributed by atoms with van der Waals surface area (Å²) in [5.41, 5.74) is 3.87. The van der Waals surface area contributed by atoms with Crippen molar-refractivity contribution in [1.29, 1.82) is 0 Å². The highest BCUT2D eigenvalue weighted by Crippen LogP contribution is 2.36. The van der Waals surface area contributed by atoms with Crippen LogP contribution in [0, 0.1) is 20.2 Å². The summed E-state index contributed by atoms with van der Waals surface area (Å²) in [6.07, 6.45) is 0. The van der Waals surface area contributed by atoms with Gasteiger partial charge in [0.15, 0.2) is 0 Å². The minimum Gasteiger partial charge on any atom is -0.369 e. The topological polar surface area (TPSA) is 141 Å². The van der Waals surface area contributed by atoms with E-state index in [1.807, 2.05) is 0 Å². The van der Waals surface area contributed by atoms with Gasteiger partial charge in [0, 0.05) is 12.1 Å². The van der Waals surface area contributed by atoms with Gasteiger partial charge in [-0.15, -0.1) is 0 Å². The van der Waals surface area contributed by atoms with E-state index in [4.69, 9.17) is 5.73 Å². The van der Waals surface area contributed by atoms with Gasteiger partial charge in [0.1, 0.15) is 5.25 Å². The highest BCUT2D eigenvalue weighted by Gasteiger charge is 2.25. The maximum absolute atomic E-state index is 10.9. The summed E-state index contributed by atoms with van der Waals surface area (Å²) in [6, 6.07) is 3.47. The fraction of sp³-hybridized carbons (Fsp3) is 0.222. The number of nitro groups is 2. The minimum absolute atomic E-state index is 0.268. The lowest BCUT2D eigenvalue weighted by molar-refractivity contribution is -0.392. The first kappa shape index (κ1) is 14.7. The van der Waals surface area contributed by atoms with Gasteiger partial charge in [0.05, 0.1) is 9.85 Å². The van der Waals surface area contributed by atoms with E-state index in [0.717, 1.165) is 24.1 Å². The van der Waals surface area contributed by atoms with E-state index in [2.05, 4.69) is 4.72 Å². The van der Waals surface area contributed by atoms with Crippen molar-refractivity contribution in [1.82, 2.24) is 0 Å². The van der Waals surface area contributed by atoms with Crippen molar-refractivity contribution in [3.05, 3.63) is 38.4 Å². The summed E-state index contributed by atoms with van der Waals surface area (Å²) in [4.78, 5) is 31.0. The van der Waals surface area contributed by atoms with Gasteiger partial charge in [-0.1, -0.05) is 0 Å². The standard InChI is InChI=1S/C9H10N4O5S/c1-5(9(10)14)19-11-8-6(12(15)16)3-2-4-7(8)13(17)18/h2-5,11H,1H3,(H2,10,14). The molecule has 0 aliphatic rings. The molecule has 1 aromatic carbocycles. The number of hydrogen-bond acceptors (Lipinski definition) is 7. The Labute approximate surface area is 111 Å². The summed E-state index contributed by atoms with van der Waals surface area (Å²) in [5.74, 6) is -0.640. The largest absolute Gasteiger partial charge is 0.369 e. The molecule has 1 atom stereocenters. The van der Waals surface area contributed by atoms with Crippen LogP contribution in [-0.4, -0.2) is 21.0 Å². The van der Waals surface area contributed by atoms with Crippen LogP contribution in [0.15, 0.2) is 18.2 Å². The molecule has 1 amide bonds. The van der Waals surface area contributed by atoms with Crippen molar-refractivity contribution < 1.29 is 14.6 Å². The van der Waals surface area contributed by atoms with Crippen LogP contribution in [0.1, 0.15) is 6.92 Å². The molecule has 0 aliphatic carbocycles. The molecule has 0 spiro atoms. The molecule has 0 saturated heterocycles. The van der Waals surface area contributed by atoms with E-state index >= 15 is 0 Å². The first-order valence-electron chi connectivity index (χ1n) is 4.97. The lowest BCUT2D eigenvalue weighted by Gasteiger charge is -2.09. The molecule has 0 saturated carbocycles. The lowest BCUT2D eigenvalue weighted by Crippen LogP contribution is -2.23. The average Bonchev–Trinajstić information content (AvgIpc) is 2.34. The molecule has 10 heteroatoms. The number of amides is 1. The zero-order valence-corrected chi connectivity index (χ0v) is 10.5. The maximum atomic E-state index is 10.9. The van der Waals surface area contributed by atoms with Crippen LogP contribution in [0.4, 0.5) is 17.1 Å². The number of carbonyl (C=O) groups is 1. The number of nitro benzene ring substituents is 2. The summed E-state index contributed by atoms with van der Waals surface area (Å²) in [5, 5.41) is 20.9. The van der Waals surface area contributed by atoms with Crippen molar-refractivity contribution in [2.75, 3.05) is 4.72 Å². The Morgan fingerprint density at radius 3 is 2.16 bits per heavy atom. The Morgan fingerprint density at radius 1 is 1.32 bits per heavy atom. The fourth-order valence-corrected chi connectivity index (χ4v) is 1.76. The molecule has 0 aromatic heterocycles. The first-order valence-corrected chi connectivity index (χ1v) is 5.85. The van der Waals surface area contributed by atoms with Gasteiger partial charge in [0.2, 0.25) is 11.6 Å². The molecule has 1 rings (SSSR count). The van der Waals surface area contributed by atoms with Crippen LogP contribution in [0.3, 0.4) is 0 Å². The maximum Gasteiger partial charge on any atom is 0.300 e. The number of hydrogen-bond donors (Lipinski definition) is 2. The highest BCUT2D eigenvalue weighted by molar-refractivity contribution is 8.01. The predicted octanol–water partition coefficient (Wildman–Crippen LogP) is 1.44. The number of carbonyl (C=O) groups excluding carboxylic acids is 1. The van der Waals surface area contributed by atoms with Gasteiger partial charge >= 0.3 is 0 Å². The second kappa shape index (κ2) is 6.00. The van der Waals surface area contributed by atoms with E-state index in [9.17, 15) is 25.0 Å². The van der Waals surface area contributed by atoms with E-state index < -0.39 is 32.4 Å². The molecule has 1 aromatic rings. The van der Waals surface area contributed by atoms with Crippen LogP contribution >= 0.6 is 11.9 Å². The second-order valence-electron chi connectivity index (χ2n) is 3.45. The first-order chi connectivity index (χ1) is 8.84. The molecular formula is C9H10N4O5S. The number of anilines is 1. The molecule has 0 bridgehead atoms. The molecule has 0 radical (unpaired) electrons. The third kappa shape index (κ3) is 3.55. The summed E-state index contributed by atoms with van der Waals surface area (Å²) in [6.45, 7) is 1.47. The van der Waals surface area contributed by atoms with Crippen molar-refractivity contribution in [2.45, 2.75) is 12.2 Å². The Kier molecular flexibility index (Phi) is 4.64. The number of para-hydroxylation sites is 1. The van der Waals surface area contributed by atoms with Gasteiger partial charge in [-0.2, -0.15) is 0 Å². The third-order valence-corrected chi connectivity index (χ3v) is 3.06. The normalized spacial score (nSPS) is 11.6. The van der Waals surface area contributed by atoms with Gasteiger partial charge < -0.3 is 10.5 Å². The van der Waals surface area contributed by atoms with E-state index in [1.165, 1.54) is 13.0 Å². The van der Waals surface area contributed by atoms with Crippen LogP contribution in [-0.2, 0) is 4.79 Å². The summed E-state index contributed by atoms with van der Waals surface area (Å²) in [7, 11) is 0. The summed E-state index contributed by atoms with van der Waals surface area (Å²) < 4.78 is 2.46. The number of primary amides is 1. The minimum atomic E-state index is -0.745. The van der Waals surface area contributed by atoms with Crippen LogP contribution in [0.5, 0.6) is 0 Å². The summed E-state index contributed by atoms with van der Waals surface area (Å²) >= 11 is 0.767. The molecule has 0 aliphatic heterocycles. The van der Waals surface area contributed by atoms with Crippen molar-refractivity contribution in [2.24, 2.45) is 5.73 Å². The molecule has 0 fully saturated rings. The number of benzene rings is 1. The zero-order chi connectivity index (χ0) is 14.6. The van der Waals surface area contributed by atoms with Gasteiger partial charge in [-0.05, 0) is 24.9 Å². The SMILES string of the molecule is CC(SNc1c([N+](=O)[O-])cccc1[N+](=O)[O-])C(N)=O. The highest BCUT2D eigenvalue weighted by atomic mass is 32.2. The third-order valence-electron chi connectivity index (χ3n) is 2.15. The Morgan fingerprint density at radius 2 is 1.79 bits per heavy atom.